The molecule has 0 aliphatic rings. The number of nitrogens with zero attached hydrogens (tertiary/aromatic N) is 3. The van der Waals surface area contributed by atoms with Crippen molar-refractivity contribution in [2.45, 2.75) is 19.4 Å². The number of rotatable bonds is 6. The maximum atomic E-state index is 11.8. The van der Waals surface area contributed by atoms with E-state index in [-0.39, 0.29) is 5.91 Å². The molecule has 3 heterocycles. The first-order valence-electron chi connectivity index (χ1n) is 6.83. The number of carbonyl (C=O) groups is 1. The van der Waals surface area contributed by atoms with Gasteiger partial charge in [0.2, 0.25) is 17.6 Å². The van der Waals surface area contributed by atoms with Crippen molar-refractivity contribution in [2.24, 2.45) is 0 Å². The highest BCUT2D eigenvalue weighted by atomic mass is 32.1. The van der Waals surface area contributed by atoms with Crippen LogP contribution in [-0.4, -0.2) is 21.0 Å². The molecule has 112 valence electrons. The fraction of sp³-hybridized carbons (Fsp3) is 0.200. The third-order valence-electron chi connectivity index (χ3n) is 3.01. The zero-order chi connectivity index (χ0) is 15.2. The van der Waals surface area contributed by atoms with Crippen LogP contribution >= 0.6 is 11.3 Å². The highest BCUT2D eigenvalue weighted by molar-refractivity contribution is 7.13. The van der Waals surface area contributed by atoms with Crippen LogP contribution in [0.5, 0.6) is 0 Å². The number of aryl methyl sites for hydroxylation is 1. The summed E-state index contributed by atoms with van der Waals surface area (Å²) in [7, 11) is 0. The van der Waals surface area contributed by atoms with E-state index >= 15 is 0 Å². The number of aromatic nitrogens is 3. The van der Waals surface area contributed by atoms with Gasteiger partial charge >= 0.3 is 0 Å². The molecule has 0 aliphatic heterocycles. The largest absolute Gasteiger partial charge is 0.352 e. The number of pyridine rings is 1. The Morgan fingerprint density at radius 2 is 2.14 bits per heavy atom. The molecule has 0 saturated heterocycles. The third kappa shape index (κ3) is 3.76. The average molecular weight is 314 g/mol. The first-order valence-corrected chi connectivity index (χ1v) is 7.71. The zero-order valence-electron chi connectivity index (χ0n) is 11.7. The van der Waals surface area contributed by atoms with Gasteiger partial charge in [0.05, 0.1) is 4.88 Å². The standard InChI is InChI=1S/C15H14N4O2S/c20-13(17-10-11-5-7-16-8-6-11)3-4-14-18-15(19-21-14)12-2-1-9-22-12/h1-2,5-9H,3-4,10H2,(H,17,20). The lowest BCUT2D eigenvalue weighted by Crippen LogP contribution is -2.23. The number of nitrogens with one attached hydrogen (secondary N) is 1. The number of amides is 1. The van der Waals surface area contributed by atoms with Crippen molar-refractivity contribution in [1.82, 2.24) is 20.4 Å². The van der Waals surface area contributed by atoms with Crippen molar-refractivity contribution in [1.29, 1.82) is 0 Å². The number of thiophene rings is 1. The van der Waals surface area contributed by atoms with Crippen LogP contribution in [0, 0.1) is 0 Å². The molecule has 0 bridgehead atoms. The van der Waals surface area contributed by atoms with Crippen molar-refractivity contribution < 1.29 is 9.32 Å². The molecule has 3 aromatic heterocycles. The molecule has 0 atom stereocenters. The van der Waals surface area contributed by atoms with E-state index in [1.807, 2.05) is 29.6 Å². The molecule has 3 aromatic rings. The van der Waals surface area contributed by atoms with Gasteiger partial charge in [0.25, 0.3) is 0 Å². The van der Waals surface area contributed by atoms with Gasteiger partial charge in [-0.25, -0.2) is 0 Å². The van der Waals surface area contributed by atoms with E-state index < -0.39 is 0 Å². The SMILES string of the molecule is O=C(CCc1nc(-c2cccs2)no1)NCc1ccncc1. The van der Waals surface area contributed by atoms with Gasteiger partial charge in [-0.1, -0.05) is 11.2 Å². The topological polar surface area (TPSA) is 80.9 Å². The van der Waals surface area contributed by atoms with Gasteiger partial charge in [0.15, 0.2) is 0 Å². The van der Waals surface area contributed by atoms with Gasteiger partial charge in [-0.05, 0) is 29.1 Å². The number of hydrogen-bond acceptors (Lipinski definition) is 6. The molecule has 0 fully saturated rings. The summed E-state index contributed by atoms with van der Waals surface area (Å²) >= 11 is 1.55. The molecule has 0 aliphatic carbocycles. The van der Waals surface area contributed by atoms with Crippen LogP contribution < -0.4 is 5.32 Å². The summed E-state index contributed by atoms with van der Waals surface area (Å²) in [6.07, 6.45) is 4.15. The van der Waals surface area contributed by atoms with E-state index in [2.05, 4.69) is 20.4 Å². The lowest BCUT2D eigenvalue weighted by molar-refractivity contribution is -0.121. The predicted molar refractivity (Wildman–Crippen MR) is 82.0 cm³/mol. The van der Waals surface area contributed by atoms with Gasteiger partial charge in [-0.3, -0.25) is 9.78 Å². The van der Waals surface area contributed by atoms with Crippen LogP contribution in [0.4, 0.5) is 0 Å². The third-order valence-corrected chi connectivity index (χ3v) is 3.88. The summed E-state index contributed by atoms with van der Waals surface area (Å²) in [5.74, 6) is 0.998. The summed E-state index contributed by atoms with van der Waals surface area (Å²) in [6.45, 7) is 0.492. The maximum Gasteiger partial charge on any atom is 0.227 e. The molecule has 22 heavy (non-hydrogen) atoms. The first kappa shape index (κ1) is 14.4. The summed E-state index contributed by atoms with van der Waals surface area (Å²) in [4.78, 5) is 21.0. The highest BCUT2D eigenvalue weighted by Crippen LogP contribution is 2.21. The van der Waals surface area contributed by atoms with Gasteiger partial charge in [-0.15, -0.1) is 11.3 Å². The predicted octanol–water partition coefficient (Wildman–Crippen LogP) is 2.44. The van der Waals surface area contributed by atoms with Crippen LogP contribution in [0.3, 0.4) is 0 Å². The van der Waals surface area contributed by atoms with Gasteiger partial charge in [-0.2, -0.15) is 4.98 Å². The van der Waals surface area contributed by atoms with Crippen LogP contribution in [0.2, 0.25) is 0 Å². The Labute approximate surface area is 131 Å². The Kier molecular flexibility index (Phi) is 4.55. The minimum atomic E-state index is -0.0484. The summed E-state index contributed by atoms with van der Waals surface area (Å²) < 4.78 is 5.16. The molecular formula is C15H14N4O2S. The molecule has 0 radical (unpaired) electrons. The Hall–Kier alpha value is -2.54. The molecule has 3 rings (SSSR count). The molecule has 0 saturated carbocycles. The van der Waals surface area contributed by atoms with Gasteiger partial charge in [0, 0.05) is 31.8 Å². The molecule has 7 heteroatoms. The zero-order valence-corrected chi connectivity index (χ0v) is 12.5. The molecule has 0 aromatic carbocycles. The molecule has 0 unspecified atom stereocenters. The first-order chi connectivity index (χ1) is 10.8. The molecule has 6 nitrogen and oxygen atoms in total. The smallest absolute Gasteiger partial charge is 0.227 e. The maximum absolute atomic E-state index is 11.8. The lowest BCUT2D eigenvalue weighted by Gasteiger charge is -2.03. The van der Waals surface area contributed by atoms with Crippen molar-refractivity contribution in [3.8, 4) is 10.7 Å². The van der Waals surface area contributed by atoms with Crippen molar-refractivity contribution in [3.63, 3.8) is 0 Å². The van der Waals surface area contributed by atoms with Gasteiger partial charge < -0.3 is 9.84 Å². The van der Waals surface area contributed by atoms with Crippen molar-refractivity contribution >= 4 is 17.2 Å². The van der Waals surface area contributed by atoms with E-state index in [1.54, 1.807) is 23.7 Å². The quantitative estimate of drug-likeness (QED) is 0.756. The Bertz CT molecular complexity index is 725. The fourth-order valence-electron chi connectivity index (χ4n) is 1.87. The molecule has 1 amide bonds. The average Bonchev–Trinajstić information content (AvgIpc) is 3.22. The van der Waals surface area contributed by atoms with Crippen molar-refractivity contribution in [3.05, 3.63) is 53.5 Å². The monoisotopic (exact) mass is 314 g/mol. The molecule has 0 spiro atoms. The van der Waals surface area contributed by atoms with E-state index in [0.29, 0.717) is 31.1 Å². The van der Waals surface area contributed by atoms with E-state index in [4.69, 9.17) is 4.52 Å². The van der Waals surface area contributed by atoms with E-state index in [1.165, 1.54) is 0 Å². The van der Waals surface area contributed by atoms with Crippen LogP contribution in [0.15, 0.2) is 46.6 Å². The second kappa shape index (κ2) is 6.95. The summed E-state index contributed by atoms with van der Waals surface area (Å²) in [5, 5.41) is 8.72. The lowest BCUT2D eigenvalue weighted by atomic mass is 10.2. The number of hydrogen-bond donors (Lipinski definition) is 1. The normalized spacial score (nSPS) is 10.5. The van der Waals surface area contributed by atoms with Crippen LogP contribution in [0.1, 0.15) is 17.9 Å². The Morgan fingerprint density at radius 1 is 1.27 bits per heavy atom. The second-order valence-electron chi connectivity index (χ2n) is 4.62. The van der Waals surface area contributed by atoms with Crippen LogP contribution in [-0.2, 0) is 17.8 Å². The number of carbonyl (C=O) groups excluding carboxylic acids is 1. The van der Waals surface area contributed by atoms with E-state index in [9.17, 15) is 4.79 Å². The Morgan fingerprint density at radius 3 is 2.91 bits per heavy atom. The summed E-state index contributed by atoms with van der Waals surface area (Å²) in [6, 6.07) is 7.60. The second-order valence-corrected chi connectivity index (χ2v) is 5.57. The van der Waals surface area contributed by atoms with Crippen LogP contribution in [0.25, 0.3) is 10.7 Å². The fourth-order valence-corrected chi connectivity index (χ4v) is 2.52. The molecule has 1 N–H and O–H groups in total. The van der Waals surface area contributed by atoms with Gasteiger partial charge in [0.1, 0.15) is 0 Å². The van der Waals surface area contributed by atoms with E-state index in [0.717, 1.165) is 10.4 Å². The summed E-state index contributed by atoms with van der Waals surface area (Å²) in [5.41, 5.74) is 1.01. The Balaban J connectivity index is 1.47. The van der Waals surface area contributed by atoms with Crippen molar-refractivity contribution in [2.75, 3.05) is 0 Å². The minimum Gasteiger partial charge on any atom is -0.352 e. The minimum absolute atomic E-state index is 0.0484. The molecular weight excluding hydrogens is 300 g/mol. The highest BCUT2D eigenvalue weighted by Gasteiger charge is 2.11.